The van der Waals surface area contributed by atoms with E-state index in [4.69, 9.17) is 4.74 Å². The summed E-state index contributed by atoms with van der Waals surface area (Å²) in [6.07, 6.45) is 1.60. The molecule has 0 saturated carbocycles. The van der Waals surface area contributed by atoms with Gasteiger partial charge in [0.1, 0.15) is 5.75 Å². The summed E-state index contributed by atoms with van der Waals surface area (Å²) in [6, 6.07) is 5.76. The van der Waals surface area contributed by atoms with Crippen molar-refractivity contribution in [3.05, 3.63) is 29.3 Å². The highest BCUT2D eigenvalue weighted by Crippen LogP contribution is 2.28. The number of hydrogen-bond donors (Lipinski definition) is 0. The third kappa shape index (κ3) is 2.45. The maximum absolute atomic E-state index is 10.3. The molecule has 0 saturated heterocycles. The van der Waals surface area contributed by atoms with Gasteiger partial charge >= 0.3 is 0 Å². The summed E-state index contributed by atoms with van der Waals surface area (Å²) < 4.78 is 5.16. The van der Waals surface area contributed by atoms with Crippen molar-refractivity contribution in [2.75, 3.05) is 7.11 Å². The second kappa shape index (κ2) is 4.28. The Balaban J connectivity index is 3.17. The molecule has 0 aliphatic rings. The van der Waals surface area contributed by atoms with Crippen LogP contribution in [-0.2, 0) is 10.3 Å². The van der Waals surface area contributed by atoms with Crippen LogP contribution in [0.5, 0.6) is 5.75 Å². The van der Waals surface area contributed by atoms with Gasteiger partial charge in [-0.3, -0.25) is 0 Å². The van der Waals surface area contributed by atoms with Gasteiger partial charge in [0, 0.05) is 0 Å². The maximum atomic E-state index is 10.3. The van der Waals surface area contributed by atoms with E-state index in [1.54, 1.807) is 13.2 Å². The van der Waals surface area contributed by atoms with Crippen molar-refractivity contribution in [3.8, 4) is 5.75 Å². The first-order valence-electron chi connectivity index (χ1n) is 4.75. The number of rotatable bonds is 3. The van der Waals surface area contributed by atoms with E-state index in [2.05, 4.69) is 4.99 Å². The highest BCUT2D eigenvalue weighted by Gasteiger charge is 2.19. The van der Waals surface area contributed by atoms with Gasteiger partial charge in [0.05, 0.1) is 12.6 Å². The van der Waals surface area contributed by atoms with E-state index in [-0.39, 0.29) is 0 Å². The maximum Gasteiger partial charge on any atom is 0.235 e. The zero-order chi connectivity index (χ0) is 11.5. The van der Waals surface area contributed by atoms with Crippen LogP contribution in [0.15, 0.2) is 23.2 Å². The number of methoxy groups -OCH3 is 1. The molecular weight excluding hydrogens is 190 g/mol. The summed E-state index contributed by atoms with van der Waals surface area (Å²) in [4.78, 5) is 14.1. The van der Waals surface area contributed by atoms with Crippen molar-refractivity contribution in [2.45, 2.75) is 26.3 Å². The molecule has 0 aliphatic carbocycles. The molecular formula is C12H15NO2. The first-order valence-corrected chi connectivity index (χ1v) is 4.75. The number of hydrogen-bond acceptors (Lipinski definition) is 3. The van der Waals surface area contributed by atoms with Gasteiger partial charge in [-0.25, -0.2) is 4.79 Å². The second-order valence-corrected chi connectivity index (χ2v) is 3.95. The van der Waals surface area contributed by atoms with Gasteiger partial charge in [0.15, 0.2) is 0 Å². The molecule has 0 N–H and O–H groups in total. The second-order valence-electron chi connectivity index (χ2n) is 3.95. The standard InChI is InChI=1S/C12H15NO2/c1-9-7-10(5-6-11(9)15-4)12(2,3)13-8-14/h5-7H,1-4H3. The fourth-order valence-electron chi connectivity index (χ4n) is 1.44. The molecule has 1 aromatic carbocycles. The Kier molecular flexibility index (Phi) is 3.28. The van der Waals surface area contributed by atoms with Crippen LogP contribution < -0.4 is 4.74 Å². The first-order chi connectivity index (χ1) is 7.01. The molecule has 0 heterocycles. The normalized spacial score (nSPS) is 10.7. The van der Waals surface area contributed by atoms with Gasteiger partial charge in [0.2, 0.25) is 6.08 Å². The number of ether oxygens (including phenoxy) is 1. The van der Waals surface area contributed by atoms with E-state index in [0.717, 1.165) is 16.9 Å². The van der Waals surface area contributed by atoms with Crippen molar-refractivity contribution in [1.82, 2.24) is 0 Å². The predicted octanol–water partition coefficient (Wildman–Crippen LogP) is 2.57. The number of carbonyl (C=O) groups excluding carboxylic acids is 1. The molecule has 0 aliphatic heterocycles. The predicted molar refractivity (Wildman–Crippen MR) is 58.9 cm³/mol. The Labute approximate surface area is 89.8 Å². The van der Waals surface area contributed by atoms with Crippen LogP contribution >= 0.6 is 0 Å². The average Bonchev–Trinajstić information content (AvgIpc) is 2.17. The smallest absolute Gasteiger partial charge is 0.235 e. The van der Waals surface area contributed by atoms with Gasteiger partial charge < -0.3 is 4.74 Å². The molecule has 0 bridgehead atoms. The fourth-order valence-corrected chi connectivity index (χ4v) is 1.44. The third-order valence-corrected chi connectivity index (χ3v) is 2.43. The average molecular weight is 205 g/mol. The van der Waals surface area contributed by atoms with E-state index in [0.29, 0.717) is 0 Å². The fraction of sp³-hybridized carbons (Fsp3) is 0.417. The molecule has 0 unspecified atom stereocenters. The molecule has 1 aromatic rings. The topological polar surface area (TPSA) is 38.7 Å². The summed E-state index contributed by atoms with van der Waals surface area (Å²) in [5.41, 5.74) is 1.48. The van der Waals surface area contributed by atoms with E-state index in [1.165, 1.54) is 0 Å². The lowest BCUT2D eigenvalue weighted by molar-refractivity contribution is 0.411. The van der Waals surface area contributed by atoms with E-state index < -0.39 is 5.54 Å². The van der Waals surface area contributed by atoms with Gasteiger partial charge in [-0.2, -0.15) is 4.99 Å². The van der Waals surface area contributed by atoms with Crippen LogP contribution in [0, 0.1) is 6.92 Å². The lowest BCUT2D eigenvalue weighted by Gasteiger charge is -2.19. The summed E-state index contributed by atoms with van der Waals surface area (Å²) in [5, 5.41) is 0. The van der Waals surface area contributed by atoms with Crippen LogP contribution in [-0.4, -0.2) is 13.2 Å². The van der Waals surface area contributed by atoms with E-state index in [9.17, 15) is 4.79 Å². The Morgan fingerprint density at radius 3 is 2.53 bits per heavy atom. The van der Waals surface area contributed by atoms with Gasteiger partial charge in [-0.05, 0) is 44.0 Å². The van der Waals surface area contributed by atoms with Crippen molar-refractivity contribution >= 4 is 6.08 Å². The molecule has 80 valence electrons. The van der Waals surface area contributed by atoms with Crippen LogP contribution in [0.4, 0.5) is 0 Å². The zero-order valence-electron chi connectivity index (χ0n) is 9.50. The molecule has 0 fully saturated rings. The van der Waals surface area contributed by atoms with Gasteiger partial charge in [-0.1, -0.05) is 6.07 Å². The molecule has 15 heavy (non-hydrogen) atoms. The largest absolute Gasteiger partial charge is 0.496 e. The summed E-state index contributed by atoms with van der Waals surface area (Å²) in [5.74, 6) is 0.838. The number of aliphatic imine (C=N–C) groups is 1. The minimum absolute atomic E-state index is 0.529. The molecule has 0 aromatic heterocycles. The van der Waals surface area contributed by atoms with E-state index >= 15 is 0 Å². The minimum atomic E-state index is -0.529. The van der Waals surface area contributed by atoms with Crippen LogP contribution in [0.2, 0.25) is 0 Å². The highest BCUT2D eigenvalue weighted by atomic mass is 16.5. The zero-order valence-corrected chi connectivity index (χ0v) is 9.50. The quantitative estimate of drug-likeness (QED) is 0.562. The van der Waals surface area contributed by atoms with Crippen LogP contribution in [0.1, 0.15) is 25.0 Å². The van der Waals surface area contributed by atoms with Crippen molar-refractivity contribution in [3.63, 3.8) is 0 Å². The Bertz CT molecular complexity index is 404. The molecule has 3 heteroatoms. The SMILES string of the molecule is COc1ccc(C(C)(C)N=C=O)cc1C. The number of isocyanates is 1. The molecule has 0 amide bonds. The number of nitrogens with zero attached hydrogens (tertiary/aromatic N) is 1. The molecule has 3 nitrogen and oxygen atoms in total. The number of benzene rings is 1. The lowest BCUT2D eigenvalue weighted by atomic mass is 9.93. The lowest BCUT2D eigenvalue weighted by Crippen LogP contribution is -2.13. The third-order valence-electron chi connectivity index (χ3n) is 2.43. The first kappa shape index (κ1) is 11.5. The van der Waals surface area contributed by atoms with Crippen LogP contribution in [0.3, 0.4) is 0 Å². The minimum Gasteiger partial charge on any atom is -0.496 e. The Morgan fingerprint density at radius 2 is 2.07 bits per heavy atom. The molecule has 0 atom stereocenters. The van der Waals surface area contributed by atoms with E-state index in [1.807, 2.05) is 39.0 Å². The number of aryl methyl sites for hydroxylation is 1. The highest BCUT2D eigenvalue weighted by molar-refractivity contribution is 5.41. The van der Waals surface area contributed by atoms with Gasteiger partial charge in [0.25, 0.3) is 0 Å². The van der Waals surface area contributed by atoms with Crippen molar-refractivity contribution in [2.24, 2.45) is 4.99 Å². The summed E-state index contributed by atoms with van der Waals surface area (Å²) in [7, 11) is 1.64. The van der Waals surface area contributed by atoms with Crippen molar-refractivity contribution in [1.29, 1.82) is 0 Å². The van der Waals surface area contributed by atoms with Crippen molar-refractivity contribution < 1.29 is 9.53 Å². The Hall–Kier alpha value is -1.60. The molecule has 1 rings (SSSR count). The van der Waals surface area contributed by atoms with Gasteiger partial charge in [-0.15, -0.1) is 0 Å². The van der Waals surface area contributed by atoms with Crippen LogP contribution in [0.25, 0.3) is 0 Å². The monoisotopic (exact) mass is 205 g/mol. The molecule has 0 spiro atoms. The summed E-state index contributed by atoms with van der Waals surface area (Å²) >= 11 is 0. The Morgan fingerprint density at radius 1 is 1.40 bits per heavy atom. The molecule has 0 radical (unpaired) electrons. The summed E-state index contributed by atoms with van der Waals surface area (Å²) in [6.45, 7) is 5.71.